The summed E-state index contributed by atoms with van der Waals surface area (Å²) in [6.07, 6.45) is -0.360. The lowest BCUT2D eigenvalue weighted by Crippen LogP contribution is -2.15. The number of hydrogen-bond acceptors (Lipinski definition) is 7. The summed E-state index contributed by atoms with van der Waals surface area (Å²) in [5.74, 6) is 1.32. The Kier molecular flexibility index (Phi) is 7.87. The molecule has 1 amide bonds. The van der Waals surface area contributed by atoms with Crippen LogP contribution in [0.5, 0.6) is 5.75 Å². The second kappa shape index (κ2) is 11.0. The molecule has 1 atom stereocenters. The van der Waals surface area contributed by atoms with E-state index in [9.17, 15) is 4.79 Å². The number of nitrogens with one attached hydrogen (secondary N) is 1. The number of ether oxygens (including phenoxy) is 1. The normalized spacial score (nSPS) is 11.9. The molecule has 0 aliphatic carbocycles. The van der Waals surface area contributed by atoms with Crippen LogP contribution in [-0.2, 0) is 11.3 Å². The highest BCUT2D eigenvalue weighted by Crippen LogP contribution is 2.31. The van der Waals surface area contributed by atoms with E-state index in [1.54, 1.807) is 0 Å². The number of hydrogen-bond donors (Lipinski definition) is 1. The number of nitrogens with zero attached hydrogens (tertiary/aromatic N) is 4. The molecule has 0 fully saturated rings. The first-order valence-corrected chi connectivity index (χ1v) is 13.0. The van der Waals surface area contributed by atoms with Crippen molar-refractivity contribution in [1.82, 2.24) is 19.7 Å². The molecule has 7 nitrogen and oxygen atoms in total. The predicted octanol–water partition coefficient (Wildman–Crippen LogP) is 6.25. The summed E-state index contributed by atoms with van der Waals surface area (Å²) in [6.45, 7) is 6.54. The molecule has 0 saturated heterocycles. The zero-order valence-corrected chi connectivity index (χ0v) is 21.4. The number of benzene rings is 2. The molecule has 2 heterocycles. The van der Waals surface area contributed by atoms with Crippen molar-refractivity contribution in [3.63, 3.8) is 0 Å². The molecule has 1 N–H and O–H groups in total. The molecule has 0 radical (unpaired) electrons. The molecule has 2 aromatic heterocycles. The summed E-state index contributed by atoms with van der Waals surface area (Å²) in [5.41, 5.74) is 2.91. The fourth-order valence-electron chi connectivity index (χ4n) is 3.31. The topological polar surface area (TPSA) is 81.9 Å². The highest BCUT2D eigenvalue weighted by atomic mass is 35.5. The summed E-state index contributed by atoms with van der Waals surface area (Å²) in [6, 6.07) is 15.5. The lowest BCUT2D eigenvalue weighted by Gasteiger charge is -2.16. The van der Waals surface area contributed by atoms with E-state index in [0.717, 1.165) is 16.8 Å². The van der Waals surface area contributed by atoms with Crippen LogP contribution < -0.4 is 10.1 Å². The number of thiazole rings is 1. The van der Waals surface area contributed by atoms with Gasteiger partial charge < -0.3 is 14.6 Å². The van der Waals surface area contributed by atoms with Crippen LogP contribution in [0.25, 0.3) is 11.3 Å². The highest BCUT2D eigenvalue weighted by Gasteiger charge is 2.20. The lowest BCUT2D eigenvalue weighted by atomic mass is 10.2. The van der Waals surface area contributed by atoms with E-state index >= 15 is 0 Å². The number of aromatic nitrogens is 4. The van der Waals surface area contributed by atoms with Crippen molar-refractivity contribution in [1.29, 1.82) is 0 Å². The van der Waals surface area contributed by atoms with Gasteiger partial charge in [0.2, 0.25) is 5.91 Å². The van der Waals surface area contributed by atoms with Crippen molar-refractivity contribution < 1.29 is 9.53 Å². The van der Waals surface area contributed by atoms with Crippen LogP contribution in [0, 0.1) is 6.92 Å². The zero-order valence-electron chi connectivity index (χ0n) is 19.0. The van der Waals surface area contributed by atoms with Gasteiger partial charge in [0.25, 0.3) is 0 Å². The number of carbonyl (C=O) groups is 1. The number of anilines is 1. The Morgan fingerprint density at radius 1 is 1.24 bits per heavy atom. The number of aryl methyl sites for hydroxylation is 1. The molecule has 4 aromatic rings. The molecule has 2 aromatic carbocycles. The average Bonchev–Trinajstić information content (AvgIpc) is 3.47. The van der Waals surface area contributed by atoms with E-state index in [2.05, 4.69) is 20.5 Å². The molecule has 1 unspecified atom stereocenters. The van der Waals surface area contributed by atoms with Crippen LogP contribution in [0.2, 0.25) is 5.02 Å². The molecule has 0 aliphatic rings. The van der Waals surface area contributed by atoms with Gasteiger partial charge in [-0.1, -0.05) is 59.8 Å². The third kappa shape index (κ3) is 5.78. The van der Waals surface area contributed by atoms with Gasteiger partial charge >= 0.3 is 0 Å². The fourth-order valence-corrected chi connectivity index (χ4v) is 5.01. The Labute approximate surface area is 211 Å². The first-order chi connectivity index (χ1) is 16.4. The summed E-state index contributed by atoms with van der Waals surface area (Å²) < 4.78 is 8.01. The third-order valence-corrected chi connectivity index (χ3v) is 7.00. The maximum absolute atomic E-state index is 12.5. The van der Waals surface area contributed by atoms with Gasteiger partial charge in [-0.15, -0.1) is 21.5 Å². The van der Waals surface area contributed by atoms with Crippen LogP contribution in [0.1, 0.15) is 31.3 Å². The molecule has 10 heteroatoms. The Morgan fingerprint density at radius 2 is 2.03 bits per heavy atom. The van der Waals surface area contributed by atoms with Crippen LogP contribution in [0.3, 0.4) is 0 Å². The maximum atomic E-state index is 12.5. The van der Waals surface area contributed by atoms with Crippen molar-refractivity contribution in [2.24, 2.45) is 0 Å². The van der Waals surface area contributed by atoms with Gasteiger partial charge in [-0.2, -0.15) is 0 Å². The minimum Gasteiger partial charge on any atom is -0.481 e. The standard InChI is InChI=1S/C24H24ClN5O2S2/c1-4-30-22(16(3)32-20-12-15(2)10-11-18(20)25)28-29-24(30)34-14-21(31)27-23-26-19(13-33-23)17-8-6-5-7-9-17/h5-13,16H,4,14H2,1-3H3,(H,26,27,31). The number of carbonyl (C=O) groups excluding carboxylic acids is 1. The smallest absolute Gasteiger partial charge is 0.236 e. The van der Waals surface area contributed by atoms with Gasteiger partial charge in [-0.3, -0.25) is 4.79 Å². The van der Waals surface area contributed by atoms with Crippen LogP contribution in [-0.4, -0.2) is 31.4 Å². The van der Waals surface area contributed by atoms with Crippen LogP contribution in [0.4, 0.5) is 5.13 Å². The van der Waals surface area contributed by atoms with Gasteiger partial charge in [0.15, 0.2) is 22.2 Å². The minimum atomic E-state index is -0.360. The van der Waals surface area contributed by atoms with Gasteiger partial charge in [0, 0.05) is 17.5 Å². The minimum absolute atomic E-state index is 0.151. The molecule has 0 saturated carbocycles. The summed E-state index contributed by atoms with van der Waals surface area (Å²) in [7, 11) is 0. The Balaban J connectivity index is 1.37. The Hall–Kier alpha value is -2.88. The largest absolute Gasteiger partial charge is 0.481 e. The molecule has 0 aliphatic heterocycles. The molecular formula is C24H24ClN5O2S2. The van der Waals surface area contributed by atoms with Gasteiger partial charge in [-0.05, 0) is 38.5 Å². The van der Waals surface area contributed by atoms with Crippen molar-refractivity contribution in [3.05, 3.63) is 70.3 Å². The molecule has 0 bridgehead atoms. The van der Waals surface area contributed by atoms with Crippen LogP contribution in [0.15, 0.2) is 59.1 Å². The number of rotatable bonds is 9. The van der Waals surface area contributed by atoms with Crippen molar-refractivity contribution in [2.45, 2.75) is 38.6 Å². The second-order valence-corrected chi connectivity index (χ2v) is 9.73. The first-order valence-electron chi connectivity index (χ1n) is 10.7. The monoisotopic (exact) mass is 513 g/mol. The lowest BCUT2D eigenvalue weighted by molar-refractivity contribution is -0.113. The second-order valence-electron chi connectivity index (χ2n) is 7.52. The van der Waals surface area contributed by atoms with E-state index < -0.39 is 0 Å². The summed E-state index contributed by atoms with van der Waals surface area (Å²) in [4.78, 5) is 17.0. The average molecular weight is 514 g/mol. The van der Waals surface area contributed by atoms with E-state index in [1.807, 2.05) is 79.2 Å². The van der Waals surface area contributed by atoms with Gasteiger partial charge in [-0.25, -0.2) is 4.98 Å². The number of thioether (sulfide) groups is 1. The molecule has 176 valence electrons. The van der Waals surface area contributed by atoms with Crippen molar-refractivity contribution in [2.75, 3.05) is 11.1 Å². The SMILES string of the molecule is CCn1c(SCC(=O)Nc2nc(-c3ccccc3)cs2)nnc1C(C)Oc1cc(C)ccc1Cl. The van der Waals surface area contributed by atoms with Crippen molar-refractivity contribution in [3.8, 4) is 17.0 Å². The molecule has 4 rings (SSSR count). The zero-order chi connectivity index (χ0) is 24.1. The van der Waals surface area contributed by atoms with Crippen molar-refractivity contribution >= 4 is 45.7 Å². The maximum Gasteiger partial charge on any atom is 0.236 e. The van der Waals surface area contributed by atoms with Gasteiger partial charge in [0.05, 0.1) is 16.5 Å². The highest BCUT2D eigenvalue weighted by molar-refractivity contribution is 7.99. The van der Waals surface area contributed by atoms with Gasteiger partial charge in [0.1, 0.15) is 5.75 Å². The third-order valence-electron chi connectivity index (χ3n) is 4.97. The molecular weight excluding hydrogens is 490 g/mol. The number of amides is 1. The van der Waals surface area contributed by atoms with E-state index in [4.69, 9.17) is 16.3 Å². The molecule has 34 heavy (non-hydrogen) atoms. The Bertz CT molecular complexity index is 1280. The Morgan fingerprint density at radius 3 is 2.79 bits per heavy atom. The first kappa shape index (κ1) is 24.3. The predicted molar refractivity (Wildman–Crippen MR) is 138 cm³/mol. The summed E-state index contributed by atoms with van der Waals surface area (Å²) >= 11 is 9.00. The van der Waals surface area contributed by atoms with Crippen LogP contribution >= 0.6 is 34.7 Å². The summed E-state index contributed by atoms with van der Waals surface area (Å²) in [5, 5.41) is 15.2. The van der Waals surface area contributed by atoms with E-state index in [-0.39, 0.29) is 17.8 Å². The number of halogens is 1. The van der Waals surface area contributed by atoms with E-state index in [1.165, 1.54) is 23.1 Å². The fraction of sp³-hybridized carbons (Fsp3) is 0.250. The quantitative estimate of drug-likeness (QED) is 0.266. The van der Waals surface area contributed by atoms with E-state index in [0.29, 0.717) is 33.4 Å². The molecule has 0 spiro atoms.